The number of rotatable bonds is 3. The van der Waals surface area contributed by atoms with E-state index in [4.69, 9.17) is 5.11 Å². The number of phenolic OH excluding ortho intramolecular Hbond substituents is 2. The predicted octanol–water partition coefficient (Wildman–Crippen LogP) is 1.78. The third-order valence-electron chi connectivity index (χ3n) is 2.84. The van der Waals surface area contributed by atoms with Crippen molar-refractivity contribution in [1.82, 2.24) is 15.1 Å². The van der Waals surface area contributed by atoms with Gasteiger partial charge in [-0.1, -0.05) is 0 Å². The number of nitrogens with one attached hydrogen (secondary N) is 1. The molecule has 0 aliphatic carbocycles. The Balaban J connectivity index is 2.15. The van der Waals surface area contributed by atoms with E-state index in [0.717, 1.165) is 23.0 Å². The van der Waals surface area contributed by atoms with Crippen molar-refractivity contribution in [2.75, 3.05) is 0 Å². The van der Waals surface area contributed by atoms with Crippen LogP contribution in [0.25, 0.3) is 0 Å². The number of alkyl halides is 3. The average molecular weight is 315 g/mol. The Morgan fingerprint density at radius 2 is 2.05 bits per heavy atom. The van der Waals surface area contributed by atoms with Crippen LogP contribution in [0.5, 0.6) is 11.5 Å². The van der Waals surface area contributed by atoms with Gasteiger partial charge in [0.05, 0.1) is 5.56 Å². The van der Waals surface area contributed by atoms with Crippen LogP contribution in [0, 0.1) is 0 Å². The number of carbonyl (C=O) groups is 1. The lowest BCUT2D eigenvalue weighted by atomic mass is 10.1. The van der Waals surface area contributed by atoms with E-state index in [2.05, 4.69) is 10.4 Å². The molecule has 0 saturated heterocycles. The molecular formula is C13H12F3N3O3. The van der Waals surface area contributed by atoms with Crippen LogP contribution in [0.3, 0.4) is 0 Å². The molecule has 2 aromatic rings. The van der Waals surface area contributed by atoms with Gasteiger partial charge in [0, 0.05) is 31.4 Å². The summed E-state index contributed by atoms with van der Waals surface area (Å²) in [5.41, 5.74) is -1.43. The third kappa shape index (κ3) is 3.30. The lowest BCUT2D eigenvalue weighted by Crippen LogP contribution is -2.24. The predicted molar refractivity (Wildman–Crippen MR) is 69.2 cm³/mol. The Morgan fingerprint density at radius 1 is 1.36 bits per heavy atom. The van der Waals surface area contributed by atoms with Crippen molar-refractivity contribution in [3.63, 3.8) is 0 Å². The van der Waals surface area contributed by atoms with Crippen LogP contribution in [0.4, 0.5) is 13.2 Å². The van der Waals surface area contributed by atoms with E-state index >= 15 is 0 Å². The molecule has 118 valence electrons. The van der Waals surface area contributed by atoms with Gasteiger partial charge in [0.1, 0.15) is 11.5 Å². The van der Waals surface area contributed by atoms with Crippen molar-refractivity contribution < 1.29 is 28.2 Å². The SMILES string of the molecule is Cn1cc(CNC(=O)c2ccc(O)cc2O)c(C(F)(F)F)n1. The molecule has 1 amide bonds. The minimum Gasteiger partial charge on any atom is -0.508 e. The fraction of sp³-hybridized carbons (Fsp3) is 0.231. The third-order valence-corrected chi connectivity index (χ3v) is 2.84. The summed E-state index contributed by atoms with van der Waals surface area (Å²) in [5.74, 6) is -1.48. The number of carbonyl (C=O) groups excluding carboxylic acids is 1. The van der Waals surface area contributed by atoms with Gasteiger partial charge in [-0.2, -0.15) is 18.3 Å². The van der Waals surface area contributed by atoms with Gasteiger partial charge < -0.3 is 15.5 Å². The molecule has 0 bridgehead atoms. The van der Waals surface area contributed by atoms with Crippen LogP contribution in [0.1, 0.15) is 21.6 Å². The van der Waals surface area contributed by atoms with E-state index in [-0.39, 0.29) is 16.9 Å². The van der Waals surface area contributed by atoms with Crippen LogP contribution in [-0.4, -0.2) is 25.9 Å². The average Bonchev–Trinajstić information content (AvgIpc) is 2.77. The van der Waals surface area contributed by atoms with Gasteiger partial charge in [-0.15, -0.1) is 0 Å². The number of nitrogens with zero attached hydrogens (tertiary/aromatic N) is 2. The van der Waals surface area contributed by atoms with Gasteiger partial charge in [-0.3, -0.25) is 9.48 Å². The first-order valence-corrected chi connectivity index (χ1v) is 6.08. The Labute approximate surface area is 122 Å². The molecule has 2 rings (SSSR count). The van der Waals surface area contributed by atoms with Crippen molar-refractivity contribution in [3.05, 3.63) is 41.2 Å². The molecular weight excluding hydrogens is 303 g/mol. The molecule has 22 heavy (non-hydrogen) atoms. The van der Waals surface area contributed by atoms with Crippen LogP contribution < -0.4 is 5.32 Å². The number of hydrogen-bond acceptors (Lipinski definition) is 4. The number of amides is 1. The molecule has 0 fully saturated rings. The highest BCUT2D eigenvalue weighted by Crippen LogP contribution is 2.30. The first-order chi connectivity index (χ1) is 10.2. The second-order valence-electron chi connectivity index (χ2n) is 4.56. The van der Waals surface area contributed by atoms with Gasteiger partial charge in [0.2, 0.25) is 0 Å². The summed E-state index contributed by atoms with van der Waals surface area (Å²) in [7, 11) is 1.34. The van der Waals surface area contributed by atoms with E-state index in [1.807, 2.05) is 0 Å². The van der Waals surface area contributed by atoms with Gasteiger partial charge in [-0.05, 0) is 12.1 Å². The van der Waals surface area contributed by atoms with Gasteiger partial charge in [0.15, 0.2) is 5.69 Å². The molecule has 0 aliphatic heterocycles. The maximum atomic E-state index is 12.8. The van der Waals surface area contributed by atoms with Crippen molar-refractivity contribution in [2.45, 2.75) is 12.7 Å². The van der Waals surface area contributed by atoms with Crippen molar-refractivity contribution >= 4 is 5.91 Å². The zero-order valence-corrected chi connectivity index (χ0v) is 11.3. The maximum Gasteiger partial charge on any atom is 0.435 e. The highest BCUT2D eigenvalue weighted by molar-refractivity contribution is 5.96. The Morgan fingerprint density at radius 3 is 2.64 bits per heavy atom. The summed E-state index contributed by atoms with van der Waals surface area (Å²) < 4.78 is 39.3. The fourth-order valence-corrected chi connectivity index (χ4v) is 1.89. The van der Waals surface area contributed by atoms with Gasteiger partial charge in [0.25, 0.3) is 5.91 Å². The summed E-state index contributed by atoms with van der Waals surface area (Å²) in [5, 5.41) is 24.2. The first-order valence-electron chi connectivity index (χ1n) is 6.08. The fourth-order valence-electron chi connectivity index (χ4n) is 1.89. The van der Waals surface area contributed by atoms with Crippen LogP contribution in [-0.2, 0) is 19.8 Å². The standard InChI is InChI=1S/C13H12F3N3O3/c1-19-6-7(11(18-19)13(14,15)16)5-17-12(22)9-3-2-8(20)4-10(9)21/h2-4,6,20-21H,5H2,1H3,(H,17,22). The summed E-state index contributed by atoms with van der Waals surface area (Å²) >= 11 is 0. The van der Waals surface area contributed by atoms with Crippen molar-refractivity contribution in [2.24, 2.45) is 7.05 Å². The van der Waals surface area contributed by atoms with Crippen molar-refractivity contribution in [3.8, 4) is 11.5 Å². The number of halogens is 3. The molecule has 0 saturated carbocycles. The molecule has 3 N–H and O–H groups in total. The molecule has 0 spiro atoms. The van der Waals surface area contributed by atoms with E-state index in [1.165, 1.54) is 13.1 Å². The van der Waals surface area contributed by atoms with Crippen LogP contribution in [0.15, 0.2) is 24.4 Å². The van der Waals surface area contributed by atoms with Gasteiger partial charge >= 0.3 is 6.18 Å². The number of aromatic hydroxyl groups is 2. The highest BCUT2D eigenvalue weighted by atomic mass is 19.4. The summed E-state index contributed by atoms with van der Waals surface area (Å²) in [6.07, 6.45) is -3.47. The summed E-state index contributed by atoms with van der Waals surface area (Å²) in [4.78, 5) is 11.9. The molecule has 0 unspecified atom stereocenters. The van der Waals surface area contributed by atoms with E-state index in [1.54, 1.807) is 0 Å². The number of aromatic nitrogens is 2. The molecule has 6 nitrogen and oxygen atoms in total. The number of phenols is 2. The minimum absolute atomic E-state index is 0.157. The van der Waals surface area contributed by atoms with Gasteiger partial charge in [-0.25, -0.2) is 0 Å². The Bertz CT molecular complexity index is 710. The van der Waals surface area contributed by atoms with Crippen LogP contribution in [0.2, 0.25) is 0 Å². The smallest absolute Gasteiger partial charge is 0.435 e. The number of benzene rings is 1. The second kappa shape index (κ2) is 5.58. The zero-order valence-electron chi connectivity index (χ0n) is 11.3. The molecule has 0 atom stereocenters. The van der Waals surface area contributed by atoms with E-state index in [0.29, 0.717) is 0 Å². The number of hydrogen-bond donors (Lipinski definition) is 3. The second-order valence-corrected chi connectivity index (χ2v) is 4.56. The molecule has 1 heterocycles. The lowest BCUT2D eigenvalue weighted by Gasteiger charge is -2.08. The molecule has 9 heteroatoms. The van der Waals surface area contributed by atoms with Crippen LogP contribution >= 0.6 is 0 Å². The minimum atomic E-state index is -4.62. The summed E-state index contributed by atoms with van der Waals surface area (Å²) in [6, 6.07) is 3.30. The topological polar surface area (TPSA) is 87.4 Å². The monoisotopic (exact) mass is 315 g/mol. The van der Waals surface area contributed by atoms with E-state index < -0.39 is 30.1 Å². The Hall–Kier alpha value is -2.71. The Kier molecular flexibility index (Phi) is 3.98. The summed E-state index contributed by atoms with van der Waals surface area (Å²) in [6.45, 7) is -0.401. The normalized spacial score (nSPS) is 11.5. The van der Waals surface area contributed by atoms with E-state index in [9.17, 15) is 23.1 Å². The number of aryl methyl sites for hydroxylation is 1. The molecule has 0 radical (unpaired) electrons. The van der Waals surface area contributed by atoms with Crippen molar-refractivity contribution in [1.29, 1.82) is 0 Å². The molecule has 0 aliphatic rings. The zero-order chi connectivity index (χ0) is 16.5. The lowest BCUT2D eigenvalue weighted by molar-refractivity contribution is -0.142. The maximum absolute atomic E-state index is 12.8. The molecule has 1 aromatic carbocycles. The quantitative estimate of drug-likeness (QED) is 0.806. The highest BCUT2D eigenvalue weighted by Gasteiger charge is 2.36. The molecule has 1 aromatic heterocycles. The first kappa shape index (κ1) is 15.7. The largest absolute Gasteiger partial charge is 0.508 e.